The highest BCUT2D eigenvalue weighted by molar-refractivity contribution is 5.27. The van der Waals surface area contributed by atoms with Crippen LogP contribution in [0.1, 0.15) is 18.9 Å². The van der Waals surface area contributed by atoms with Crippen LogP contribution in [-0.2, 0) is 6.42 Å². The highest BCUT2D eigenvalue weighted by atomic mass is 19.4. The van der Waals surface area contributed by atoms with Gasteiger partial charge in [-0.3, -0.25) is 0 Å². The average molecular weight is 234 g/mol. The molecule has 0 spiro atoms. The molecule has 0 fully saturated rings. The van der Waals surface area contributed by atoms with Crippen molar-refractivity contribution >= 4 is 0 Å². The molecule has 1 aromatic carbocycles. The number of aliphatic hydroxyl groups is 1. The molecule has 0 aliphatic rings. The maximum Gasteiger partial charge on any atom is 0.573 e. The lowest BCUT2D eigenvalue weighted by Crippen LogP contribution is -2.17. The summed E-state index contributed by atoms with van der Waals surface area (Å²) in [5.74, 6) is -0.228. The summed E-state index contributed by atoms with van der Waals surface area (Å²) in [5, 5.41) is 9.05. The largest absolute Gasteiger partial charge is 0.573 e. The molecular formula is C11H13F3O2. The van der Waals surface area contributed by atoms with Gasteiger partial charge in [-0.05, 0) is 37.5 Å². The molecule has 0 bridgehead atoms. The summed E-state index contributed by atoms with van der Waals surface area (Å²) in [5.41, 5.74) is 0.871. The summed E-state index contributed by atoms with van der Waals surface area (Å²) in [6.45, 7) is 1.67. The predicted molar refractivity (Wildman–Crippen MR) is 53.1 cm³/mol. The zero-order chi connectivity index (χ0) is 12.2. The van der Waals surface area contributed by atoms with Gasteiger partial charge in [-0.15, -0.1) is 13.2 Å². The van der Waals surface area contributed by atoms with Gasteiger partial charge in [-0.25, -0.2) is 0 Å². The Hall–Kier alpha value is -1.23. The number of hydrogen-bond donors (Lipinski definition) is 1. The number of aliphatic hydroxyl groups excluding tert-OH is 1. The lowest BCUT2D eigenvalue weighted by atomic mass is 10.1. The first-order valence-electron chi connectivity index (χ1n) is 4.89. The zero-order valence-electron chi connectivity index (χ0n) is 8.79. The highest BCUT2D eigenvalue weighted by Gasteiger charge is 2.30. The third-order valence-electron chi connectivity index (χ3n) is 2.01. The number of ether oxygens (including phenoxy) is 1. The minimum absolute atomic E-state index is 0.228. The first-order valence-corrected chi connectivity index (χ1v) is 4.89. The second-order valence-corrected chi connectivity index (χ2v) is 3.58. The first kappa shape index (κ1) is 12.8. The van der Waals surface area contributed by atoms with Crippen LogP contribution in [0.4, 0.5) is 13.2 Å². The fourth-order valence-corrected chi connectivity index (χ4v) is 1.23. The molecule has 0 amide bonds. The number of alkyl halides is 3. The van der Waals surface area contributed by atoms with Crippen molar-refractivity contribution in [1.29, 1.82) is 0 Å². The molecule has 0 saturated carbocycles. The Morgan fingerprint density at radius 1 is 1.25 bits per heavy atom. The Balaban J connectivity index is 2.54. The van der Waals surface area contributed by atoms with Crippen molar-refractivity contribution in [3.63, 3.8) is 0 Å². The molecule has 0 radical (unpaired) electrons. The Morgan fingerprint density at radius 2 is 1.81 bits per heavy atom. The van der Waals surface area contributed by atoms with Crippen molar-refractivity contribution in [2.75, 3.05) is 0 Å². The molecule has 0 aromatic heterocycles. The van der Waals surface area contributed by atoms with Gasteiger partial charge < -0.3 is 9.84 Å². The number of halogens is 3. The molecule has 1 N–H and O–H groups in total. The van der Waals surface area contributed by atoms with Crippen molar-refractivity contribution in [3.05, 3.63) is 29.8 Å². The minimum atomic E-state index is -4.65. The normalized spacial score (nSPS) is 13.6. The van der Waals surface area contributed by atoms with Crippen LogP contribution >= 0.6 is 0 Å². The summed E-state index contributed by atoms with van der Waals surface area (Å²) in [4.78, 5) is 0. The smallest absolute Gasteiger partial charge is 0.406 e. The number of rotatable bonds is 4. The van der Waals surface area contributed by atoms with Crippen molar-refractivity contribution in [2.24, 2.45) is 0 Å². The van der Waals surface area contributed by atoms with E-state index >= 15 is 0 Å². The summed E-state index contributed by atoms with van der Waals surface area (Å²) in [7, 11) is 0. The lowest BCUT2D eigenvalue weighted by Gasteiger charge is -2.09. The third-order valence-corrected chi connectivity index (χ3v) is 2.01. The quantitative estimate of drug-likeness (QED) is 0.867. The van der Waals surface area contributed by atoms with E-state index in [1.54, 1.807) is 19.1 Å². The average Bonchev–Trinajstić information content (AvgIpc) is 2.14. The van der Waals surface area contributed by atoms with E-state index in [0.717, 1.165) is 5.56 Å². The van der Waals surface area contributed by atoms with Gasteiger partial charge in [0.1, 0.15) is 5.75 Å². The molecular weight excluding hydrogens is 221 g/mol. The number of benzene rings is 1. The van der Waals surface area contributed by atoms with Crippen LogP contribution < -0.4 is 4.74 Å². The SMILES string of the molecule is CC(O)CCc1ccc(OC(F)(F)F)cc1. The van der Waals surface area contributed by atoms with Gasteiger partial charge in [0.15, 0.2) is 0 Å². The molecule has 0 saturated heterocycles. The van der Waals surface area contributed by atoms with E-state index < -0.39 is 12.5 Å². The monoisotopic (exact) mass is 234 g/mol. The van der Waals surface area contributed by atoms with Crippen molar-refractivity contribution in [1.82, 2.24) is 0 Å². The molecule has 2 nitrogen and oxygen atoms in total. The standard InChI is InChI=1S/C11H13F3O2/c1-8(15)2-3-9-4-6-10(7-5-9)16-11(12,13)14/h4-8,15H,2-3H2,1H3. The minimum Gasteiger partial charge on any atom is -0.406 e. The second kappa shape index (κ2) is 5.21. The van der Waals surface area contributed by atoms with Gasteiger partial charge in [-0.2, -0.15) is 0 Å². The van der Waals surface area contributed by atoms with Crippen LogP contribution in [0.2, 0.25) is 0 Å². The van der Waals surface area contributed by atoms with Crippen molar-refractivity contribution in [3.8, 4) is 5.75 Å². The Labute approximate surface area is 91.7 Å². The fraction of sp³-hybridized carbons (Fsp3) is 0.455. The second-order valence-electron chi connectivity index (χ2n) is 3.58. The van der Waals surface area contributed by atoms with Gasteiger partial charge in [0.2, 0.25) is 0 Å². The van der Waals surface area contributed by atoms with Gasteiger partial charge in [0, 0.05) is 0 Å². The maximum atomic E-state index is 11.8. The highest BCUT2D eigenvalue weighted by Crippen LogP contribution is 2.23. The van der Waals surface area contributed by atoms with E-state index in [2.05, 4.69) is 4.74 Å². The fourth-order valence-electron chi connectivity index (χ4n) is 1.23. The molecule has 0 heterocycles. The topological polar surface area (TPSA) is 29.5 Å². The first-order chi connectivity index (χ1) is 7.37. The molecule has 90 valence electrons. The Morgan fingerprint density at radius 3 is 2.25 bits per heavy atom. The Bertz CT molecular complexity index is 317. The molecule has 1 aromatic rings. The molecule has 16 heavy (non-hydrogen) atoms. The predicted octanol–water partition coefficient (Wildman–Crippen LogP) is 2.90. The van der Waals surface area contributed by atoms with E-state index in [4.69, 9.17) is 5.11 Å². The van der Waals surface area contributed by atoms with Gasteiger partial charge in [0.25, 0.3) is 0 Å². The van der Waals surface area contributed by atoms with E-state index in [0.29, 0.717) is 12.8 Å². The van der Waals surface area contributed by atoms with Crippen LogP contribution in [0.5, 0.6) is 5.75 Å². The molecule has 0 aliphatic carbocycles. The van der Waals surface area contributed by atoms with Crippen LogP contribution in [0.15, 0.2) is 24.3 Å². The van der Waals surface area contributed by atoms with Crippen LogP contribution in [-0.4, -0.2) is 17.6 Å². The molecule has 1 atom stereocenters. The number of hydrogen-bond acceptors (Lipinski definition) is 2. The van der Waals surface area contributed by atoms with E-state index in [1.807, 2.05) is 0 Å². The van der Waals surface area contributed by atoms with E-state index in [-0.39, 0.29) is 5.75 Å². The Kier molecular flexibility index (Phi) is 4.18. The van der Waals surface area contributed by atoms with Gasteiger partial charge >= 0.3 is 6.36 Å². The molecule has 1 unspecified atom stereocenters. The van der Waals surface area contributed by atoms with Crippen molar-refractivity contribution < 1.29 is 23.0 Å². The van der Waals surface area contributed by atoms with E-state index in [9.17, 15) is 13.2 Å². The van der Waals surface area contributed by atoms with Crippen LogP contribution in [0.3, 0.4) is 0 Å². The molecule has 1 rings (SSSR count). The van der Waals surface area contributed by atoms with Crippen LogP contribution in [0, 0.1) is 0 Å². The summed E-state index contributed by atoms with van der Waals surface area (Å²) >= 11 is 0. The van der Waals surface area contributed by atoms with Crippen LogP contribution in [0.25, 0.3) is 0 Å². The summed E-state index contributed by atoms with van der Waals surface area (Å²) in [6, 6.07) is 5.66. The van der Waals surface area contributed by atoms with E-state index in [1.165, 1.54) is 12.1 Å². The third kappa shape index (κ3) is 5.02. The van der Waals surface area contributed by atoms with Gasteiger partial charge in [-0.1, -0.05) is 12.1 Å². The summed E-state index contributed by atoms with van der Waals surface area (Å²) in [6.07, 6.45) is -3.85. The van der Waals surface area contributed by atoms with Crippen molar-refractivity contribution in [2.45, 2.75) is 32.2 Å². The molecule has 0 aliphatic heterocycles. The zero-order valence-corrected chi connectivity index (χ0v) is 8.79. The molecule has 5 heteroatoms. The van der Waals surface area contributed by atoms with Gasteiger partial charge in [0.05, 0.1) is 6.10 Å². The number of aryl methyl sites for hydroxylation is 1. The lowest BCUT2D eigenvalue weighted by molar-refractivity contribution is -0.274. The summed E-state index contributed by atoms with van der Waals surface area (Å²) < 4.78 is 39.3. The maximum absolute atomic E-state index is 11.8.